The summed E-state index contributed by atoms with van der Waals surface area (Å²) in [6, 6.07) is 0. The summed E-state index contributed by atoms with van der Waals surface area (Å²) in [5, 5.41) is 0. The Kier molecular flexibility index (Phi) is 4.72. The number of carbonyl (C=O) groups excluding carboxylic acids is 3. The van der Waals surface area contributed by atoms with E-state index in [1.165, 1.54) is 6.92 Å². The number of carbonyl (C=O) groups is 3. The second-order valence-electron chi connectivity index (χ2n) is 1.63. The molecule has 0 fully saturated rings. The van der Waals surface area contributed by atoms with Crippen molar-refractivity contribution in [2.75, 3.05) is 13.2 Å². The molecule has 0 spiro atoms. The third-order valence-electron chi connectivity index (χ3n) is 0.706. The van der Waals surface area contributed by atoms with Crippen molar-refractivity contribution in [3.8, 4) is 0 Å². The van der Waals surface area contributed by atoms with E-state index < -0.39 is 18.5 Å². The summed E-state index contributed by atoms with van der Waals surface area (Å²) in [6.07, 6.45) is 0.436. The van der Waals surface area contributed by atoms with Gasteiger partial charge in [0.25, 0.3) is 0 Å². The highest BCUT2D eigenvalue weighted by atomic mass is 16.6. The first-order chi connectivity index (χ1) is 5.16. The summed E-state index contributed by atoms with van der Waals surface area (Å²) in [5.41, 5.74) is 0. The zero-order valence-electron chi connectivity index (χ0n) is 6.03. The van der Waals surface area contributed by atoms with Crippen LogP contribution in [0.15, 0.2) is 0 Å². The average Bonchev–Trinajstić information content (AvgIpc) is 1.97. The Balaban J connectivity index is 3.37. The van der Waals surface area contributed by atoms with Crippen LogP contribution >= 0.6 is 0 Å². The zero-order chi connectivity index (χ0) is 8.69. The van der Waals surface area contributed by atoms with E-state index in [0.29, 0.717) is 6.29 Å². The summed E-state index contributed by atoms with van der Waals surface area (Å²) < 4.78 is 8.53. The topological polar surface area (TPSA) is 69.7 Å². The minimum atomic E-state index is -0.729. The van der Waals surface area contributed by atoms with Crippen LogP contribution in [0.1, 0.15) is 6.92 Å². The Morgan fingerprint density at radius 2 is 2.00 bits per heavy atom. The van der Waals surface area contributed by atoms with E-state index in [0.717, 1.165) is 0 Å². The van der Waals surface area contributed by atoms with Crippen molar-refractivity contribution in [2.24, 2.45) is 0 Å². The number of ether oxygens (including phenoxy) is 2. The van der Waals surface area contributed by atoms with Crippen molar-refractivity contribution >= 4 is 18.2 Å². The van der Waals surface area contributed by atoms with Gasteiger partial charge in [0.2, 0.25) is 0 Å². The molecule has 0 bridgehead atoms. The SMILES string of the molecule is CC(=O)OCC(=O)OCC=O. The second kappa shape index (κ2) is 5.40. The van der Waals surface area contributed by atoms with Crippen LogP contribution in [0.3, 0.4) is 0 Å². The molecule has 0 aromatic heterocycles. The molecule has 5 heteroatoms. The zero-order valence-corrected chi connectivity index (χ0v) is 6.03. The number of hydrogen-bond acceptors (Lipinski definition) is 5. The molecule has 62 valence electrons. The van der Waals surface area contributed by atoms with Gasteiger partial charge >= 0.3 is 11.9 Å². The van der Waals surface area contributed by atoms with Crippen LogP contribution in [0.2, 0.25) is 0 Å². The first kappa shape index (κ1) is 9.61. The normalized spacial score (nSPS) is 8.45. The van der Waals surface area contributed by atoms with Gasteiger partial charge in [-0.2, -0.15) is 0 Å². The Morgan fingerprint density at radius 3 is 2.45 bits per heavy atom. The van der Waals surface area contributed by atoms with Crippen molar-refractivity contribution in [3.63, 3.8) is 0 Å². The molecule has 0 aromatic carbocycles. The highest BCUT2D eigenvalue weighted by Gasteiger charge is 2.03. The lowest BCUT2D eigenvalue weighted by Crippen LogP contribution is -2.15. The smallest absolute Gasteiger partial charge is 0.344 e. The third kappa shape index (κ3) is 6.50. The molecule has 0 radical (unpaired) electrons. The van der Waals surface area contributed by atoms with Gasteiger partial charge in [0.15, 0.2) is 12.9 Å². The van der Waals surface area contributed by atoms with Gasteiger partial charge in [0.05, 0.1) is 0 Å². The summed E-state index contributed by atoms with van der Waals surface area (Å²) >= 11 is 0. The molecular formula is C6H8O5. The van der Waals surface area contributed by atoms with Gasteiger partial charge < -0.3 is 9.47 Å². The quantitative estimate of drug-likeness (QED) is 0.401. The maximum atomic E-state index is 10.4. The Bertz CT molecular complexity index is 162. The molecule has 0 heterocycles. The predicted octanol–water partition coefficient (Wildman–Crippen LogP) is -0.708. The van der Waals surface area contributed by atoms with E-state index in [2.05, 4.69) is 9.47 Å². The molecule has 0 atom stereocenters. The number of aldehydes is 1. The van der Waals surface area contributed by atoms with Crippen LogP contribution in [0.5, 0.6) is 0 Å². The monoisotopic (exact) mass is 160 g/mol. The third-order valence-corrected chi connectivity index (χ3v) is 0.706. The summed E-state index contributed by atoms with van der Waals surface area (Å²) in [5.74, 6) is -1.29. The maximum absolute atomic E-state index is 10.4. The number of esters is 2. The first-order valence-corrected chi connectivity index (χ1v) is 2.89. The standard InChI is InChI=1S/C6H8O5/c1-5(8)11-4-6(9)10-3-2-7/h2H,3-4H2,1H3. The predicted molar refractivity (Wildman–Crippen MR) is 33.7 cm³/mol. The Hall–Kier alpha value is -1.39. The van der Waals surface area contributed by atoms with Gasteiger partial charge in [-0.1, -0.05) is 0 Å². The van der Waals surface area contributed by atoms with E-state index >= 15 is 0 Å². The first-order valence-electron chi connectivity index (χ1n) is 2.89. The van der Waals surface area contributed by atoms with E-state index in [9.17, 15) is 14.4 Å². The fourth-order valence-corrected chi connectivity index (χ4v) is 0.329. The minimum absolute atomic E-state index is 0.305. The van der Waals surface area contributed by atoms with Crippen molar-refractivity contribution in [3.05, 3.63) is 0 Å². The average molecular weight is 160 g/mol. The molecule has 0 amide bonds. The fraction of sp³-hybridized carbons (Fsp3) is 0.500. The van der Waals surface area contributed by atoms with Crippen LogP contribution in [0.25, 0.3) is 0 Å². The molecule has 0 N–H and O–H groups in total. The van der Waals surface area contributed by atoms with Crippen LogP contribution < -0.4 is 0 Å². The molecule has 0 saturated heterocycles. The van der Waals surface area contributed by atoms with Crippen LogP contribution in [0.4, 0.5) is 0 Å². The van der Waals surface area contributed by atoms with Crippen molar-refractivity contribution in [1.82, 2.24) is 0 Å². The van der Waals surface area contributed by atoms with Crippen molar-refractivity contribution in [2.45, 2.75) is 6.92 Å². The van der Waals surface area contributed by atoms with Crippen molar-refractivity contribution < 1.29 is 23.9 Å². The summed E-state index contributed by atoms with van der Waals surface area (Å²) in [4.78, 5) is 30.2. The Morgan fingerprint density at radius 1 is 1.36 bits per heavy atom. The molecule has 0 unspecified atom stereocenters. The molecule has 0 saturated carbocycles. The lowest BCUT2D eigenvalue weighted by Gasteiger charge is -1.99. The van der Waals surface area contributed by atoms with Gasteiger partial charge in [-0.05, 0) is 0 Å². The van der Waals surface area contributed by atoms with Crippen LogP contribution in [-0.2, 0) is 23.9 Å². The van der Waals surface area contributed by atoms with Crippen LogP contribution in [-0.4, -0.2) is 31.4 Å². The van der Waals surface area contributed by atoms with E-state index in [1.54, 1.807) is 0 Å². The largest absolute Gasteiger partial charge is 0.455 e. The van der Waals surface area contributed by atoms with Crippen molar-refractivity contribution in [1.29, 1.82) is 0 Å². The van der Waals surface area contributed by atoms with Gasteiger partial charge in [0, 0.05) is 6.92 Å². The number of hydrogen-bond donors (Lipinski definition) is 0. The molecule has 5 nitrogen and oxygen atoms in total. The highest BCUT2D eigenvalue weighted by Crippen LogP contribution is 1.80. The molecule has 0 aliphatic rings. The van der Waals surface area contributed by atoms with E-state index in [4.69, 9.17) is 0 Å². The highest BCUT2D eigenvalue weighted by molar-refractivity contribution is 5.76. The summed E-state index contributed by atoms with van der Waals surface area (Å²) in [6.45, 7) is 0.427. The number of rotatable bonds is 4. The van der Waals surface area contributed by atoms with Gasteiger partial charge in [-0.25, -0.2) is 4.79 Å². The van der Waals surface area contributed by atoms with E-state index in [1.807, 2.05) is 0 Å². The lowest BCUT2D eigenvalue weighted by molar-refractivity contribution is -0.157. The van der Waals surface area contributed by atoms with Gasteiger partial charge in [0.1, 0.15) is 6.61 Å². The minimum Gasteiger partial charge on any atom is -0.455 e. The summed E-state index contributed by atoms with van der Waals surface area (Å²) in [7, 11) is 0. The Labute approximate surface area is 63.3 Å². The molecule has 0 aromatic rings. The molecule has 0 aliphatic heterocycles. The van der Waals surface area contributed by atoms with Gasteiger partial charge in [-0.15, -0.1) is 0 Å². The molecule has 11 heavy (non-hydrogen) atoms. The molecular weight excluding hydrogens is 152 g/mol. The maximum Gasteiger partial charge on any atom is 0.344 e. The fourth-order valence-electron chi connectivity index (χ4n) is 0.329. The van der Waals surface area contributed by atoms with Crippen LogP contribution in [0, 0.1) is 0 Å². The lowest BCUT2D eigenvalue weighted by atomic mass is 10.7. The van der Waals surface area contributed by atoms with Gasteiger partial charge in [-0.3, -0.25) is 9.59 Å². The van der Waals surface area contributed by atoms with E-state index in [-0.39, 0.29) is 6.61 Å². The molecule has 0 aliphatic carbocycles. The second-order valence-corrected chi connectivity index (χ2v) is 1.63. The molecule has 0 rings (SSSR count).